The number of rotatable bonds is 40. The van der Waals surface area contributed by atoms with Gasteiger partial charge >= 0.3 is 11.9 Å². The Morgan fingerprint density at radius 1 is 0.547 bits per heavy atom. The second kappa shape index (κ2) is 37.0. The van der Waals surface area contributed by atoms with Crippen LogP contribution in [0.25, 0.3) is 0 Å². The largest absolute Gasteiger partial charge is 0.544 e. The minimum atomic E-state index is -1.12. The number of allylic oxidation sites excluding steroid dienone is 2. The Labute approximate surface area is 327 Å². The number of carbonyl (C=O) groups excluding carboxylic acids is 3. The molecule has 0 bridgehead atoms. The van der Waals surface area contributed by atoms with Gasteiger partial charge in [0.1, 0.15) is 12.6 Å². The number of hydrogen-bond acceptors (Lipinski definition) is 7. The van der Waals surface area contributed by atoms with Crippen LogP contribution < -0.4 is 5.11 Å². The topological polar surface area (TPSA) is 102 Å². The summed E-state index contributed by atoms with van der Waals surface area (Å²) in [5.41, 5.74) is 0. The first-order chi connectivity index (χ1) is 25.6. The van der Waals surface area contributed by atoms with E-state index in [9.17, 15) is 19.5 Å². The molecule has 8 heteroatoms. The highest BCUT2D eigenvalue weighted by atomic mass is 16.6. The van der Waals surface area contributed by atoms with Gasteiger partial charge in [0, 0.05) is 19.3 Å². The molecule has 0 fully saturated rings. The number of likely N-dealkylation sites (N-methyl/N-ethyl adjacent to an activating group) is 1. The van der Waals surface area contributed by atoms with Crippen LogP contribution in [-0.2, 0) is 28.6 Å². The standard InChI is InChI=1S/C45H85NO7/c1-6-8-10-12-14-16-18-20-21-22-23-24-26-28-30-32-34-36-44(48)53-41(39-51-38-37-42(45(49)50)46(3,4)5)40-52-43(47)35-33-31-29-27-25-19-17-15-13-11-9-7-2/h20-21,41-42H,6-19,22-40H2,1-5H3/b21-20+. The number of quaternary nitrogens is 1. The summed E-state index contributed by atoms with van der Waals surface area (Å²) in [6.45, 7) is 4.67. The molecule has 0 spiro atoms. The van der Waals surface area contributed by atoms with E-state index in [2.05, 4.69) is 26.0 Å². The quantitative estimate of drug-likeness (QED) is 0.0266. The van der Waals surface area contributed by atoms with Crippen molar-refractivity contribution in [2.24, 2.45) is 0 Å². The SMILES string of the molecule is CCCCCCCC/C=C/CCCCCCCCCC(=O)OC(COCCC(C(=O)[O-])[N+](C)(C)C)COC(=O)CCCCCCCCCCCCCC. The molecule has 0 aromatic heterocycles. The van der Waals surface area contributed by atoms with Gasteiger partial charge in [-0.05, 0) is 38.5 Å². The van der Waals surface area contributed by atoms with Gasteiger partial charge in [-0.1, -0.05) is 161 Å². The first kappa shape index (κ1) is 51.1. The maximum absolute atomic E-state index is 12.7. The van der Waals surface area contributed by atoms with Gasteiger partial charge in [0.05, 0.1) is 40.3 Å². The van der Waals surface area contributed by atoms with Crippen LogP contribution in [0.5, 0.6) is 0 Å². The number of unbranched alkanes of at least 4 members (excludes halogenated alkanes) is 24. The maximum Gasteiger partial charge on any atom is 0.306 e. The van der Waals surface area contributed by atoms with Crippen molar-refractivity contribution in [3.63, 3.8) is 0 Å². The summed E-state index contributed by atoms with van der Waals surface area (Å²) in [5, 5.41) is 11.6. The minimum absolute atomic E-state index is 0.0444. The van der Waals surface area contributed by atoms with Crippen LogP contribution in [0.15, 0.2) is 12.2 Å². The van der Waals surface area contributed by atoms with Crippen molar-refractivity contribution < 1.29 is 38.2 Å². The molecule has 312 valence electrons. The Kier molecular flexibility index (Phi) is 35.7. The van der Waals surface area contributed by atoms with Crippen LogP contribution >= 0.6 is 0 Å². The second-order valence-corrected chi connectivity index (χ2v) is 16.3. The van der Waals surface area contributed by atoms with Crippen molar-refractivity contribution in [2.75, 3.05) is 41.0 Å². The summed E-state index contributed by atoms with van der Waals surface area (Å²) in [6.07, 6.45) is 38.0. The fourth-order valence-corrected chi connectivity index (χ4v) is 6.65. The number of aliphatic carboxylic acids is 1. The molecule has 2 unspecified atom stereocenters. The molecule has 0 radical (unpaired) electrons. The lowest BCUT2D eigenvalue weighted by molar-refractivity contribution is -0.889. The molecule has 0 rings (SSSR count). The average molecular weight is 752 g/mol. The van der Waals surface area contributed by atoms with E-state index >= 15 is 0 Å². The predicted molar refractivity (Wildman–Crippen MR) is 217 cm³/mol. The van der Waals surface area contributed by atoms with Crippen molar-refractivity contribution in [2.45, 2.75) is 219 Å². The zero-order chi connectivity index (χ0) is 39.3. The molecule has 53 heavy (non-hydrogen) atoms. The number of nitrogens with zero attached hydrogens (tertiary/aromatic N) is 1. The lowest BCUT2D eigenvalue weighted by atomic mass is 10.0. The number of carboxylic acid groups (broad SMARTS) is 1. The lowest BCUT2D eigenvalue weighted by Gasteiger charge is -2.34. The normalized spacial score (nSPS) is 13.0. The van der Waals surface area contributed by atoms with Crippen LogP contribution in [0.2, 0.25) is 0 Å². The maximum atomic E-state index is 12.7. The summed E-state index contributed by atoms with van der Waals surface area (Å²) < 4.78 is 17.2. The van der Waals surface area contributed by atoms with Crippen LogP contribution in [0.1, 0.15) is 206 Å². The van der Waals surface area contributed by atoms with Crippen LogP contribution in [0, 0.1) is 0 Å². The van der Waals surface area contributed by atoms with E-state index in [4.69, 9.17) is 14.2 Å². The third-order valence-electron chi connectivity index (χ3n) is 10.2. The first-order valence-corrected chi connectivity index (χ1v) is 22.2. The third-order valence-corrected chi connectivity index (χ3v) is 10.2. The lowest BCUT2D eigenvalue weighted by Crippen LogP contribution is -2.55. The number of carbonyl (C=O) groups is 3. The molecular formula is C45H85NO7. The van der Waals surface area contributed by atoms with Crippen molar-refractivity contribution in [1.82, 2.24) is 0 Å². The van der Waals surface area contributed by atoms with E-state index in [0.29, 0.717) is 12.8 Å². The Bertz CT molecular complexity index is 885. The Morgan fingerprint density at radius 3 is 1.36 bits per heavy atom. The molecule has 0 saturated heterocycles. The highest BCUT2D eigenvalue weighted by molar-refractivity contribution is 5.70. The molecule has 0 aliphatic carbocycles. The smallest absolute Gasteiger partial charge is 0.306 e. The zero-order valence-corrected chi connectivity index (χ0v) is 35.4. The number of ether oxygens (including phenoxy) is 3. The van der Waals surface area contributed by atoms with E-state index in [0.717, 1.165) is 38.5 Å². The molecular weight excluding hydrogens is 666 g/mol. The summed E-state index contributed by atoms with van der Waals surface area (Å²) in [6, 6.07) is -0.721. The molecule has 0 saturated carbocycles. The summed E-state index contributed by atoms with van der Waals surface area (Å²) >= 11 is 0. The molecule has 0 aliphatic heterocycles. The van der Waals surface area contributed by atoms with E-state index in [1.165, 1.54) is 135 Å². The number of hydrogen-bond donors (Lipinski definition) is 0. The monoisotopic (exact) mass is 752 g/mol. The fraction of sp³-hybridized carbons (Fsp3) is 0.889. The molecule has 0 aromatic rings. The third kappa shape index (κ3) is 35.5. The number of esters is 2. The predicted octanol–water partition coefficient (Wildman–Crippen LogP) is 10.6. The Hall–Kier alpha value is -1.93. The molecule has 0 aromatic carbocycles. The second-order valence-electron chi connectivity index (χ2n) is 16.3. The summed E-state index contributed by atoms with van der Waals surface area (Å²) in [7, 11) is 5.41. The van der Waals surface area contributed by atoms with Crippen molar-refractivity contribution in [3.8, 4) is 0 Å². The zero-order valence-electron chi connectivity index (χ0n) is 35.4. The van der Waals surface area contributed by atoms with Gasteiger partial charge in [-0.3, -0.25) is 9.59 Å². The van der Waals surface area contributed by atoms with Gasteiger partial charge in [-0.2, -0.15) is 0 Å². The highest BCUT2D eigenvalue weighted by Crippen LogP contribution is 2.15. The van der Waals surface area contributed by atoms with E-state index in [-0.39, 0.29) is 42.7 Å². The van der Waals surface area contributed by atoms with E-state index < -0.39 is 18.1 Å². The number of carboxylic acids is 1. The molecule has 8 nitrogen and oxygen atoms in total. The van der Waals surface area contributed by atoms with Gasteiger partial charge in [0.15, 0.2) is 6.10 Å². The van der Waals surface area contributed by atoms with Gasteiger partial charge in [0.2, 0.25) is 0 Å². The van der Waals surface area contributed by atoms with Crippen molar-refractivity contribution >= 4 is 17.9 Å². The van der Waals surface area contributed by atoms with Gasteiger partial charge in [-0.15, -0.1) is 0 Å². The van der Waals surface area contributed by atoms with Crippen LogP contribution in [-0.4, -0.2) is 75.5 Å². The highest BCUT2D eigenvalue weighted by Gasteiger charge is 2.25. The molecule has 0 aliphatic rings. The Morgan fingerprint density at radius 2 is 0.943 bits per heavy atom. The first-order valence-electron chi connectivity index (χ1n) is 22.2. The molecule has 2 atom stereocenters. The van der Waals surface area contributed by atoms with Crippen LogP contribution in [0.4, 0.5) is 0 Å². The van der Waals surface area contributed by atoms with Gasteiger partial charge in [0.25, 0.3) is 0 Å². The van der Waals surface area contributed by atoms with Gasteiger partial charge < -0.3 is 28.6 Å². The molecule has 0 heterocycles. The average Bonchev–Trinajstić information content (AvgIpc) is 3.11. The fourth-order valence-electron chi connectivity index (χ4n) is 6.65. The van der Waals surface area contributed by atoms with E-state index in [1.807, 2.05) is 0 Å². The van der Waals surface area contributed by atoms with E-state index in [1.54, 1.807) is 21.1 Å². The van der Waals surface area contributed by atoms with Gasteiger partial charge in [-0.25, -0.2) is 0 Å². The summed E-state index contributed by atoms with van der Waals surface area (Å²) in [5.74, 6) is -1.73. The summed E-state index contributed by atoms with van der Waals surface area (Å²) in [4.78, 5) is 36.8. The molecule has 0 N–H and O–H groups in total. The Balaban J connectivity index is 4.31. The van der Waals surface area contributed by atoms with Crippen molar-refractivity contribution in [3.05, 3.63) is 12.2 Å². The molecule has 0 amide bonds. The van der Waals surface area contributed by atoms with Crippen molar-refractivity contribution in [1.29, 1.82) is 0 Å². The van der Waals surface area contributed by atoms with Crippen LogP contribution in [0.3, 0.4) is 0 Å². The minimum Gasteiger partial charge on any atom is -0.544 e.